The zero-order valence-electron chi connectivity index (χ0n) is 17.0. The molecule has 4 rings (SSSR count). The summed E-state index contributed by atoms with van der Waals surface area (Å²) < 4.78 is 1.70. The molecule has 0 N–H and O–H groups in total. The SMILES string of the molecule is Cc1nc2ncnn2c(C)c1CC(=O)N1CCN(CC=Cc2ccccc2)CC1. The summed E-state index contributed by atoms with van der Waals surface area (Å²) in [5.41, 5.74) is 3.94. The van der Waals surface area contributed by atoms with Crippen molar-refractivity contribution in [1.82, 2.24) is 29.4 Å². The molecule has 1 aliphatic rings. The van der Waals surface area contributed by atoms with Gasteiger partial charge in [0.25, 0.3) is 5.78 Å². The summed E-state index contributed by atoms with van der Waals surface area (Å²) >= 11 is 0. The van der Waals surface area contributed by atoms with Crippen molar-refractivity contribution in [1.29, 1.82) is 0 Å². The lowest BCUT2D eigenvalue weighted by Gasteiger charge is -2.34. The van der Waals surface area contributed by atoms with Crippen LogP contribution in [-0.4, -0.2) is 68.0 Å². The maximum atomic E-state index is 12.9. The second-order valence-corrected chi connectivity index (χ2v) is 7.40. The highest BCUT2D eigenvalue weighted by Gasteiger charge is 2.22. The molecule has 0 spiro atoms. The Bertz CT molecular complexity index is 1020. The quantitative estimate of drug-likeness (QED) is 0.668. The molecule has 2 aromatic heterocycles. The van der Waals surface area contributed by atoms with E-state index in [4.69, 9.17) is 0 Å². The van der Waals surface area contributed by atoms with Gasteiger partial charge in [0, 0.05) is 49.7 Å². The van der Waals surface area contributed by atoms with Gasteiger partial charge in [0.2, 0.25) is 5.91 Å². The summed E-state index contributed by atoms with van der Waals surface area (Å²) in [5.74, 6) is 0.727. The molecule has 1 amide bonds. The number of benzene rings is 1. The molecule has 3 heterocycles. The Kier molecular flexibility index (Phi) is 5.67. The van der Waals surface area contributed by atoms with E-state index >= 15 is 0 Å². The van der Waals surface area contributed by atoms with Gasteiger partial charge in [0.15, 0.2) is 0 Å². The van der Waals surface area contributed by atoms with Crippen LogP contribution in [0.5, 0.6) is 0 Å². The number of nitrogens with zero attached hydrogens (tertiary/aromatic N) is 6. The van der Waals surface area contributed by atoms with Crippen LogP contribution in [0.25, 0.3) is 11.9 Å². The molecule has 0 aliphatic carbocycles. The van der Waals surface area contributed by atoms with Gasteiger partial charge in [-0.15, -0.1) is 0 Å². The summed E-state index contributed by atoms with van der Waals surface area (Å²) in [7, 11) is 0. The molecule has 0 bridgehead atoms. The highest BCUT2D eigenvalue weighted by atomic mass is 16.2. The molecule has 150 valence electrons. The number of rotatable bonds is 5. The lowest BCUT2D eigenvalue weighted by molar-refractivity contribution is -0.132. The zero-order chi connectivity index (χ0) is 20.2. The third kappa shape index (κ3) is 4.35. The summed E-state index contributed by atoms with van der Waals surface area (Å²) in [5, 5.41) is 4.21. The molecule has 1 aromatic carbocycles. The number of carbonyl (C=O) groups is 1. The largest absolute Gasteiger partial charge is 0.340 e. The van der Waals surface area contributed by atoms with Gasteiger partial charge < -0.3 is 4.90 Å². The number of piperazine rings is 1. The fraction of sp³-hybridized carbons (Fsp3) is 0.364. The maximum Gasteiger partial charge on any atom is 0.252 e. The van der Waals surface area contributed by atoms with Gasteiger partial charge in [-0.2, -0.15) is 10.1 Å². The average molecular weight is 390 g/mol. The van der Waals surface area contributed by atoms with Gasteiger partial charge in [0.1, 0.15) is 6.33 Å². The van der Waals surface area contributed by atoms with Crippen LogP contribution in [0.1, 0.15) is 22.5 Å². The van der Waals surface area contributed by atoms with E-state index in [1.165, 1.54) is 11.9 Å². The van der Waals surface area contributed by atoms with Crippen LogP contribution in [-0.2, 0) is 11.2 Å². The Morgan fingerprint density at radius 1 is 1.10 bits per heavy atom. The summed E-state index contributed by atoms with van der Waals surface area (Å²) in [6.45, 7) is 8.11. The predicted molar refractivity (Wildman–Crippen MR) is 112 cm³/mol. The van der Waals surface area contributed by atoms with Crippen molar-refractivity contribution in [2.45, 2.75) is 20.3 Å². The first kappa shape index (κ1) is 19.3. The molecule has 1 fully saturated rings. The number of aryl methyl sites for hydroxylation is 2. The normalized spacial score (nSPS) is 15.4. The molecule has 3 aromatic rings. The van der Waals surface area contributed by atoms with Crippen molar-refractivity contribution < 1.29 is 4.79 Å². The first-order valence-corrected chi connectivity index (χ1v) is 9.99. The molecular weight excluding hydrogens is 364 g/mol. The highest BCUT2D eigenvalue weighted by molar-refractivity contribution is 5.79. The van der Waals surface area contributed by atoms with Crippen molar-refractivity contribution in [2.75, 3.05) is 32.7 Å². The van der Waals surface area contributed by atoms with Crippen LogP contribution in [0.3, 0.4) is 0 Å². The molecule has 29 heavy (non-hydrogen) atoms. The molecule has 1 aliphatic heterocycles. The molecule has 0 unspecified atom stereocenters. The lowest BCUT2D eigenvalue weighted by atomic mass is 10.1. The van der Waals surface area contributed by atoms with Gasteiger partial charge in [-0.25, -0.2) is 9.50 Å². The topological polar surface area (TPSA) is 66.6 Å². The number of amides is 1. The minimum Gasteiger partial charge on any atom is -0.340 e. The first-order chi connectivity index (χ1) is 14.1. The average Bonchev–Trinajstić information content (AvgIpc) is 3.21. The van der Waals surface area contributed by atoms with Crippen molar-refractivity contribution in [2.24, 2.45) is 0 Å². The third-order valence-corrected chi connectivity index (χ3v) is 5.52. The number of aromatic nitrogens is 4. The standard InChI is InChI=1S/C22H26N6O/c1-17-20(18(2)28-22(25-17)23-16-24-28)15-21(29)27-13-11-26(12-14-27)10-6-9-19-7-4-3-5-8-19/h3-9,16H,10-15H2,1-2H3. The molecule has 0 atom stereocenters. The van der Waals surface area contributed by atoms with E-state index in [0.717, 1.165) is 49.7 Å². The summed E-state index contributed by atoms with van der Waals surface area (Å²) in [6.07, 6.45) is 6.19. The van der Waals surface area contributed by atoms with Gasteiger partial charge in [0.05, 0.1) is 6.42 Å². The lowest BCUT2D eigenvalue weighted by Crippen LogP contribution is -2.49. The number of carbonyl (C=O) groups excluding carboxylic acids is 1. The Balaban J connectivity index is 1.32. The van der Waals surface area contributed by atoms with E-state index in [1.54, 1.807) is 4.52 Å². The molecule has 7 nitrogen and oxygen atoms in total. The van der Waals surface area contributed by atoms with E-state index < -0.39 is 0 Å². The van der Waals surface area contributed by atoms with Crippen LogP contribution < -0.4 is 0 Å². The molecule has 0 radical (unpaired) electrons. The first-order valence-electron chi connectivity index (χ1n) is 9.99. The van der Waals surface area contributed by atoms with Gasteiger partial charge in [-0.3, -0.25) is 9.69 Å². The fourth-order valence-electron chi connectivity index (χ4n) is 3.76. The van der Waals surface area contributed by atoms with Crippen LogP contribution >= 0.6 is 0 Å². The van der Waals surface area contributed by atoms with Gasteiger partial charge in [-0.05, 0) is 19.4 Å². The van der Waals surface area contributed by atoms with E-state index in [1.807, 2.05) is 36.9 Å². The van der Waals surface area contributed by atoms with E-state index in [-0.39, 0.29) is 5.91 Å². The van der Waals surface area contributed by atoms with E-state index in [2.05, 4.69) is 44.3 Å². The van der Waals surface area contributed by atoms with Crippen LogP contribution in [0, 0.1) is 13.8 Å². The number of hydrogen-bond donors (Lipinski definition) is 0. The zero-order valence-corrected chi connectivity index (χ0v) is 17.0. The smallest absolute Gasteiger partial charge is 0.252 e. The fourth-order valence-corrected chi connectivity index (χ4v) is 3.76. The minimum atomic E-state index is 0.150. The van der Waals surface area contributed by atoms with Crippen LogP contribution in [0.2, 0.25) is 0 Å². The molecule has 1 saturated heterocycles. The number of fused-ring (bicyclic) bond motifs is 1. The van der Waals surface area contributed by atoms with E-state index in [9.17, 15) is 4.79 Å². The van der Waals surface area contributed by atoms with Crippen molar-refractivity contribution in [3.05, 3.63) is 65.2 Å². The number of hydrogen-bond acceptors (Lipinski definition) is 5. The maximum absolute atomic E-state index is 12.9. The Morgan fingerprint density at radius 2 is 1.86 bits per heavy atom. The van der Waals surface area contributed by atoms with Crippen molar-refractivity contribution in [3.8, 4) is 0 Å². The van der Waals surface area contributed by atoms with Crippen LogP contribution in [0.4, 0.5) is 0 Å². The molecular formula is C22H26N6O. The van der Waals surface area contributed by atoms with Crippen LogP contribution in [0.15, 0.2) is 42.7 Å². The summed E-state index contributed by atoms with van der Waals surface area (Å²) in [4.78, 5) is 25.8. The van der Waals surface area contributed by atoms with E-state index in [0.29, 0.717) is 12.2 Å². The third-order valence-electron chi connectivity index (χ3n) is 5.52. The molecule has 0 saturated carbocycles. The Labute approximate surface area is 170 Å². The predicted octanol–water partition coefficient (Wildman–Crippen LogP) is 2.14. The Morgan fingerprint density at radius 3 is 2.62 bits per heavy atom. The second kappa shape index (κ2) is 8.53. The second-order valence-electron chi connectivity index (χ2n) is 7.40. The van der Waals surface area contributed by atoms with Gasteiger partial charge in [-0.1, -0.05) is 42.5 Å². The monoisotopic (exact) mass is 390 g/mol. The molecule has 7 heteroatoms. The van der Waals surface area contributed by atoms with Gasteiger partial charge >= 0.3 is 0 Å². The minimum absolute atomic E-state index is 0.150. The van der Waals surface area contributed by atoms with Crippen molar-refractivity contribution >= 4 is 17.8 Å². The van der Waals surface area contributed by atoms with Crippen molar-refractivity contribution in [3.63, 3.8) is 0 Å². The Hall–Kier alpha value is -3.06. The summed E-state index contributed by atoms with van der Waals surface area (Å²) in [6, 6.07) is 10.3. The highest BCUT2D eigenvalue weighted by Crippen LogP contribution is 2.15.